The molecule has 1 saturated carbocycles. The van der Waals surface area contributed by atoms with Crippen LogP contribution in [0.4, 0.5) is 5.82 Å². The summed E-state index contributed by atoms with van der Waals surface area (Å²) in [7, 11) is 0. The van der Waals surface area contributed by atoms with E-state index in [0.29, 0.717) is 6.04 Å². The fraction of sp³-hybridized carbons (Fsp3) is 0.583. The van der Waals surface area contributed by atoms with Crippen molar-refractivity contribution in [1.29, 1.82) is 0 Å². The van der Waals surface area contributed by atoms with Gasteiger partial charge in [0.25, 0.3) is 0 Å². The zero-order chi connectivity index (χ0) is 11.4. The third kappa shape index (κ3) is 1.29. The maximum atomic E-state index is 9.57. The number of aromatic nitrogens is 2. The van der Waals surface area contributed by atoms with Crippen molar-refractivity contribution in [2.45, 2.75) is 31.9 Å². The highest BCUT2D eigenvalue weighted by Gasteiger charge is 2.39. The van der Waals surface area contributed by atoms with Crippen molar-refractivity contribution in [3.05, 3.63) is 17.3 Å². The SMILES string of the molecule is OCc1c(N2CC3CCC2C3)nc2sccn12. The van der Waals surface area contributed by atoms with Crippen molar-refractivity contribution in [2.24, 2.45) is 5.92 Å². The van der Waals surface area contributed by atoms with Gasteiger partial charge in [0.15, 0.2) is 10.8 Å². The summed E-state index contributed by atoms with van der Waals surface area (Å²) < 4.78 is 2.02. The van der Waals surface area contributed by atoms with Gasteiger partial charge in [-0.3, -0.25) is 4.40 Å². The minimum Gasteiger partial charge on any atom is -0.390 e. The largest absolute Gasteiger partial charge is 0.390 e. The van der Waals surface area contributed by atoms with Gasteiger partial charge in [-0.05, 0) is 25.2 Å². The predicted octanol–water partition coefficient (Wildman–Crippen LogP) is 1.88. The van der Waals surface area contributed by atoms with E-state index in [9.17, 15) is 5.11 Å². The first-order valence-electron chi connectivity index (χ1n) is 6.18. The highest BCUT2D eigenvalue weighted by Crippen LogP contribution is 2.41. The second-order valence-corrected chi connectivity index (χ2v) is 5.95. The molecule has 2 fully saturated rings. The molecule has 2 aliphatic rings. The van der Waals surface area contributed by atoms with Crippen LogP contribution in [0.1, 0.15) is 25.0 Å². The van der Waals surface area contributed by atoms with Crippen LogP contribution in [0.5, 0.6) is 0 Å². The lowest BCUT2D eigenvalue weighted by Crippen LogP contribution is -2.32. The van der Waals surface area contributed by atoms with Gasteiger partial charge in [0, 0.05) is 24.2 Å². The first-order chi connectivity index (χ1) is 8.36. The molecule has 3 heterocycles. The van der Waals surface area contributed by atoms with E-state index in [1.165, 1.54) is 19.3 Å². The van der Waals surface area contributed by atoms with E-state index < -0.39 is 0 Å². The third-order valence-corrected chi connectivity index (χ3v) is 4.93. The van der Waals surface area contributed by atoms with Crippen LogP contribution in [0.3, 0.4) is 0 Å². The molecule has 2 aromatic heterocycles. The van der Waals surface area contributed by atoms with Crippen LogP contribution >= 0.6 is 11.3 Å². The highest BCUT2D eigenvalue weighted by molar-refractivity contribution is 7.15. The zero-order valence-corrected chi connectivity index (χ0v) is 10.4. The molecule has 17 heavy (non-hydrogen) atoms. The number of hydrogen-bond acceptors (Lipinski definition) is 4. The molecule has 2 unspecified atom stereocenters. The number of thiazole rings is 1. The number of nitrogens with zero attached hydrogens (tertiary/aromatic N) is 3. The quantitative estimate of drug-likeness (QED) is 0.883. The normalized spacial score (nSPS) is 27.5. The Morgan fingerprint density at radius 2 is 2.41 bits per heavy atom. The highest BCUT2D eigenvalue weighted by atomic mass is 32.1. The summed E-state index contributed by atoms with van der Waals surface area (Å²) in [5, 5.41) is 11.6. The Hall–Kier alpha value is -1.07. The van der Waals surface area contributed by atoms with Gasteiger partial charge < -0.3 is 10.0 Å². The molecule has 0 radical (unpaired) electrons. The maximum Gasteiger partial charge on any atom is 0.195 e. The number of imidazole rings is 1. The summed E-state index contributed by atoms with van der Waals surface area (Å²) in [4.78, 5) is 8.10. The summed E-state index contributed by atoms with van der Waals surface area (Å²) in [6.45, 7) is 1.20. The molecule has 4 rings (SSSR count). The minimum absolute atomic E-state index is 0.0706. The smallest absolute Gasteiger partial charge is 0.195 e. The van der Waals surface area contributed by atoms with Crippen molar-refractivity contribution >= 4 is 22.1 Å². The second-order valence-electron chi connectivity index (χ2n) is 5.08. The first-order valence-corrected chi connectivity index (χ1v) is 7.06. The second kappa shape index (κ2) is 3.46. The fourth-order valence-corrected chi connectivity index (χ4v) is 4.11. The number of hydrogen-bond donors (Lipinski definition) is 1. The van der Waals surface area contributed by atoms with E-state index in [-0.39, 0.29) is 6.61 Å². The van der Waals surface area contributed by atoms with Crippen molar-refractivity contribution in [1.82, 2.24) is 9.38 Å². The van der Waals surface area contributed by atoms with Gasteiger partial charge in [-0.1, -0.05) is 0 Å². The average molecular weight is 249 g/mol. The van der Waals surface area contributed by atoms with Crippen molar-refractivity contribution in [2.75, 3.05) is 11.4 Å². The van der Waals surface area contributed by atoms with E-state index in [1.807, 2.05) is 16.0 Å². The number of rotatable bonds is 2. The van der Waals surface area contributed by atoms with Gasteiger partial charge >= 0.3 is 0 Å². The molecular weight excluding hydrogens is 234 g/mol. The van der Waals surface area contributed by atoms with Crippen molar-refractivity contribution in [3.63, 3.8) is 0 Å². The summed E-state index contributed by atoms with van der Waals surface area (Å²) in [5.41, 5.74) is 0.953. The average Bonchev–Trinajstić information content (AvgIpc) is 3.07. The van der Waals surface area contributed by atoms with E-state index >= 15 is 0 Å². The molecular formula is C12H15N3OS. The molecule has 2 aromatic rings. The lowest BCUT2D eigenvalue weighted by atomic mass is 10.1. The predicted molar refractivity (Wildman–Crippen MR) is 67.5 cm³/mol. The number of aliphatic hydroxyl groups excluding tert-OH is 1. The molecule has 5 heteroatoms. The molecule has 1 aliphatic heterocycles. The molecule has 2 atom stereocenters. The van der Waals surface area contributed by atoms with Crippen LogP contribution in [0.15, 0.2) is 11.6 Å². The monoisotopic (exact) mass is 249 g/mol. The lowest BCUT2D eigenvalue weighted by Gasteiger charge is -2.27. The molecule has 0 amide bonds. The van der Waals surface area contributed by atoms with Gasteiger partial charge in [0.2, 0.25) is 0 Å². The Kier molecular flexibility index (Phi) is 2.02. The van der Waals surface area contributed by atoms with Crippen LogP contribution in [0, 0.1) is 5.92 Å². The molecule has 1 N–H and O–H groups in total. The Morgan fingerprint density at radius 1 is 1.47 bits per heavy atom. The number of aliphatic hydroxyl groups is 1. The third-order valence-electron chi connectivity index (χ3n) is 4.17. The molecule has 1 saturated heterocycles. The van der Waals surface area contributed by atoms with Crippen molar-refractivity contribution in [3.8, 4) is 0 Å². The Balaban J connectivity index is 1.82. The number of piperidine rings is 1. The van der Waals surface area contributed by atoms with E-state index in [4.69, 9.17) is 4.98 Å². The fourth-order valence-electron chi connectivity index (χ4n) is 3.38. The molecule has 90 valence electrons. The minimum atomic E-state index is 0.0706. The van der Waals surface area contributed by atoms with E-state index in [0.717, 1.165) is 28.9 Å². The standard InChI is InChI=1S/C12H15N3OS/c16-7-10-11(13-12-14(10)3-4-17-12)15-6-8-1-2-9(15)5-8/h3-4,8-9,16H,1-2,5-7H2. The Bertz CT molecular complexity index is 561. The summed E-state index contributed by atoms with van der Waals surface area (Å²) in [6.07, 6.45) is 5.98. The van der Waals surface area contributed by atoms with Crippen molar-refractivity contribution < 1.29 is 5.11 Å². The number of anilines is 1. The van der Waals surface area contributed by atoms with E-state index in [1.54, 1.807) is 11.3 Å². The van der Waals surface area contributed by atoms with Crippen LogP contribution in [0.2, 0.25) is 0 Å². The van der Waals surface area contributed by atoms with Crippen LogP contribution in [0.25, 0.3) is 4.96 Å². The molecule has 0 aromatic carbocycles. The zero-order valence-electron chi connectivity index (χ0n) is 9.54. The van der Waals surface area contributed by atoms with Crippen LogP contribution in [-0.4, -0.2) is 27.1 Å². The summed E-state index contributed by atoms with van der Waals surface area (Å²) in [5.74, 6) is 1.87. The first kappa shape index (κ1) is 9.91. The van der Waals surface area contributed by atoms with Gasteiger partial charge in [0.05, 0.1) is 12.3 Å². The van der Waals surface area contributed by atoms with Gasteiger partial charge in [-0.2, -0.15) is 0 Å². The molecule has 0 spiro atoms. The number of fused-ring (bicyclic) bond motifs is 3. The molecule has 2 bridgehead atoms. The Morgan fingerprint density at radius 3 is 3.12 bits per heavy atom. The maximum absolute atomic E-state index is 9.57. The topological polar surface area (TPSA) is 40.8 Å². The van der Waals surface area contributed by atoms with Crippen LogP contribution in [-0.2, 0) is 6.61 Å². The van der Waals surface area contributed by atoms with Crippen LogP contribution < -0.4 is 4.90 Å². The summed E-state index contributed by atoms with van der Waals surface area (Å²) in [6, 6.07) is 0.662. The van der Waals surface area contributed by atoms with Gasteiger partial charge in [-0.15, -0.1) is 11.3 Å². The molecule has 1 aliphatic carbocycles. The Labute approximate surface area is 104 Å². The molecule has 4 nitrogen and oxygen atoms in total. The van der Waals surface area contributed by atoms with Gasteiger partial charge in [0.1, 0.15) is 0 Å². The van der Waals surface area contributed by atoms with E-state index in [2.05, 4.69) is 4.90 Å². The lowest BCUT2D eigenvalue weighted by molar-refractivity contribution is 0.276. The summed E-state index contributed by atoms with van der Waals surface area (Å²) >= 11 is 1.63. The van der Waals surface area contributed by atoms with Gasteiger partial charge in [-0.25, -0.2) is 4.98 Å².